The Bertz CT molecular complexity index is 397. The highest BCUT2D eigenvalue weighted by molar-refractivity contribution is 5.94. The maximum atomic E-state index is 13.4. The molecule has 5 heteroatoms. The van der Waals surface area contributed by atoms with Crippen molar-refractivity contribution in [3.63, 3.8) is 0 Å². The lowest BCUT2D eigenvalue weighted by Gasteiger charge is -2.07. The molecule has 18 heavy (non-hydrogen) atoms. The molecule has 0 fully saturated rings. The number of aryl methyl sites for hydroxylation is 1. The number of ether oxygens (including phenoxy) is 1. The zero-order valence-corrected chi connectivity index (χ0v) is 10.5. The van der Waals surface area contributed by atoms with Crippen molar-refractivity contribution in [3.8, 4) is 0 Å². The van der Waals surface area contributed by atoms with Crippen molar-refractivity contribution in [1.82, 2.24) is 5.32 Å². The lowest BCUT2D eigenvalue weighted by atomic mass is 10.1. The van der Waals surface area contributed by atoms with Gasteiger partial charge in [0.15, 0.2) is 0 Å². The van der Waals surface area contributed by atoms with Gasteiger partial charge in [0.1, 0.15) is 5.82 Å². The molecular formula is C13H19FN2O2. The number of hydrogen-bond donors (Lipinski definition) is 2. The maximum absolute atomic E-state index is 13.4. The number of carbonyl (C=O) groups excluding carboxylic acids is 1. The van der Waals surface area contributed by atoms with E-state index in [9.17, 15) is 9.18 Å². The van der Waals surface area contributed by atoms with Crippen LogP contribution in [0.3, 0.4) is 0 Å². The summed E-state index contributed by atoms with van der Waals surface area (Å²) in [6.45, 7) is 3.81. The molecule has 0 bridgehead atoms. The van der Waals surface area contributed by atoms with E-state index in [1.165, 1.54) is 12.1 Å². The van der Waals surface area contributed by atoms with Crippen LogP contribution in [-0.4, -0.2) is 32.2 Å². The molecule has 1 rings (SSSR count). The molecule has 0 unspecified atom stereocenters. The Morgan fingerprint density at radius 3 is 2.94 bits per heavy atom. The fourth-order valence-corrected chi connectivity index (χ4v) is 1.47. The van der Waals surface area contributed by atoms with E-state index in [0.29, 0.717) is 32.7 Å². The van der Waals surface area contributed by atoms with Crippen molar-refractivity contribution in [3.05, 3.63) is 35.1 Å². The molecule has 0 aliphatic heterocycles. The number of benzene rings is 1. The predicted octanol–water partition coefficient (Wildman–Crippen LogP) is 1.23. The van der Waals surface area contributed by atoms with Crippen LogP contribution in [-0.2, 0) is 4.74 Å². The molecule has 0 aliphatic carbocycles. The molecule has 1 aromatic rings. The largest absolute Gasteiger partial charge is 0.380 e. The van der Waals surface area contributed by atoms with E-state index in [0.717, 1.165) is 5.56 Å². The molecule has 0 aliphatic rings. The molecule has 4 nitrogen and oxygen atoms in total. The van der Waals surface area contributed by atoms with Gasteiger partial charge in [-0.15, -0.1) is 0 Å². The van der Waals surface area contributed by atoms with E-state index in [2.05, 4.69) is 5.32 Å². The first-order valence-corrected chi connectivity index (χ1v) is 5.97. The van der Waals surface area contributed by atoms with Crippen molar-refractivity contribution in [1.29, 1.82) is 0 Å². The maximum Gasteiger partial charge on any atom is 0.254 e. The smallest absolute Gasteiger partial charge is 0.254 e. The molecule has 1 aromatic carbocycles. The number of nitrogens with one attached hydrogen (secondary N) is 1. The SMILES string of the molecule is Cc1ccc(F)c(C(=O)NCCCOCCN)c1. The summed E-state index contributed by atoms with van der Waals surface area (Å²) in [7, 11) is 0. The quantitative estimate of drug-likeness (QED) is 0.719. The van der Waals surface area contributed by atoms with Gasteiger partial charge in [0.25, 0.3) is 5.91 Å². The molecule has 0 atom stereocenters. The van der Waals surface area contributed by atoms with Crippen molar-refractivity contribution in [2.24, 2.45) is 5.73 Å². The van der Waals surface area contributed by atoms with Crippen LogP contribution in [0.15, 0.2) is 18.2 Å². The van der Waals surface area contributed by atoms with Crippen LogP contribution in [0.4, 0.5) is 4.39 Å². The second-order valence-corrected chi connectivity index (χ2v) is 3.99. The third-order valence-corrected chi connectivity index (χ3v) is 2.38. The Kier molecular flexibility index (Phi) is 6.32. The Hall–Kier alpha value is -1.46. The Labute approximate surface area is 106 Å². The monoisotopic (exact) mass is 254 g/mol. The van der Waals surface area contributed by atoms with E-state index in [1.54, 1.807) is 6.07 Å². The van der Waals surface area contributed by atoms with Gasteiger partial charge < -0.3 is 15.8 Å². The van der Waals surface area contributed by atoms with Crippen LogP contribution in [0.1, 0.15) is 22.3 Å². The molecule has 0 radical (unpaired) electrons. The summed E-state index contributed by atoms with van der Waals surface area (Å²) in [4.78, 5) is 11.7. The molecule has 0 aromatic heterocycles. The molecule has 1 amide bonds. The lowest BCUT2D eigenvalue weighted by Crippen LogP contribution is -2.26. The average Bonchev–Trinajstić information content (AvgIpc) is 2.36. The molecule has 0 heterocycles. The first-order chi connectivity index (χ1) is 8.65. The van der Waals surface area contributed by atoms with Gasteiger partial charge >= 0.3 is 0 Å². The van der Waals surface area contributed by atoms with Crippen LogP contribution >= 0.6 is 0 Å². The second kappa shape index (κ2) is 7.79. The fraction of sp³-hybridized carbons (Fsp3) is 0.462. The molecule has 3 N–H and O–H groups in total. The van der Waals surface area contributed by atoms with Gasteiger partial charge in [0, 0.05) is 19.7 Å². The predicted molar refractivity (Wildman–Crippen MR) is 68.0 cm³/mol. The molecule has 0 saturated carbocycles. The minimum atomic E-state index is -0.502. The van der Waals surface area contributed by atoms with Crippen LogP contribution < -0.4 is 11.1 Å². The van der Waals surface area contributed by atoms with E-state index < -0.39 is 11.7 Å². The summed E-state index contributed by atoms with van der Waals surface area (Å²) < 4.78 is 18.6. The standard InChI is InChI=1S/C13H19FN2O2/c1-10-3-4-12(14)11(9-10)13(17)16-6-2-7-18-8-5-15/h3-4,9H,2,5-8,15H2,1H3,(H,16,17). The highest BCUT2D eigenvalue weighted by Gasteiger charge is 2.10. The molecule has 0 spiro atoms. The van der Waals surface area contributed by atoms with Gasteiger partial charge in [-0.2, -0.15) is 0 Å². The van der Waals surface area contributed by atoms with Gasteiger partial charge in [-0.1, -0.05) is 11.6 Å². The lowest BCUT2D eigenvalue weighted by molar-refractivity contribution is 0.0939. The number of hydrogen-bond acceptors (Lipinski definition) is 3. The number of amides is 1. The van der Waals surface area contributed by atoms with E-state index in [1.807, 2.05) is 6.92 Å². The summed E-state index contributed by atoms with van der Waals surface area (Å²) in [5, 5.41) is 2.65. The molecular weight excluding hydrogens is 235 g/mol. The summed E-state index contributed by atoms with van der Waals surface area (Å²) in [6.07, 6.45) is 0.680. The van der Waals surface area contributed by atoms with Crippen molar-refractivity contribution in [2.45, 2.75) is 13.3 Å². The third-order valence-electron chi connectivity index (χ3n) is 2.38. The summed E-state index contributed by atoms with van der Waals surface area (Å²) >= 11 is 0. The van der Waals surface area contributed by atoms with Gasteiger partial charge in [0.05, 0.1) is 12.2 Å². The van der Waals surface area contributed by atoms with Crippen LogP contribution in [0, 0.1) is 12.7 Å². The Morgan fingerprint density at radius 2 is 2.22 bits per heavy atom. The van der Waals surface area contributed by atoms with Gasteiger partial charge in [-0.25, -0.2) is 4.39 Å². The van der Waals surface area contributed by atoms with Crippen LogP contribution in [0.5, 0.6) is 0 Å². The van der Waals surface area contributed by atoms with Crippen LogP contribution in [0.25, 0.3) is 0 Å². The first kappa shape index (κ1) is 14.6. The topological polar surface area (TPSA) is 64.3 Å². The Morgan fingerprint density at radius 1 is 1.44 bits per heavy atom. The summed E-state index contributed by atoms with van der Waals surface area (Å²) in [5.74, 6) is -0.896. The van der Waals surface area contributed by atoms with Gasteiger partial charge in [-0.3, -0.25) is 4.79 Å². The van der Waals surface area contributed by atoms with E-state index in [4.69, 9.17) is 10.5 Å². The molecule has 100 valence electrons. The van der Waals surface area contributed by atoms with E-state index >= 15 is 0 Å². The fourth-order valence-electron chi connectivity index (χ4n) is 1.47. The van der Waals surface area contributed by atoms with E-state index in [-0.39, 0.29) is 5.56 Å². The van der Waals surface area contributed by atoms with Crippen molar-refractivity contribution >= 4 is 5.91 Å². The summed E-state index contributed by atoms with van der Waals surface area (Å²) in [6, 6.07) is 4.47. The zero-order valence-electron chi connectivity index (χ0n) is 10.5. The second-order valence-electron chi connectivity index (χ2n) is 3.99. The zero-order chi connectivity index (χ0) is 13.4. The highest BCUT2D eigenvalue weighted by Crippen LogP contribution is 2.09. The van der Waals surface area contributed by atoms with Crippen LogP contribution in [0.2, 0.25) is 0 Å². The Balaban J connectivity index is 2.34. The van der Waals surface area contributed by atoms with Gasteiger partial charge in [0.2, 0.25) is 0 Å². The number of rotatable bonds is 7. The number of nitrogens with two attached hydrogens (primary N) is 1. The third kappa shape index (κ3) is 4.81. The first-order valence-electron chi connectivity index (χ1n) is 5.97. The number of halogens is 1. The molecule has 0 saturated heterocycles. The normalized spacial score (nSPS) is 10.4. The minimum absolute atomic E-state index is 0.0814. The highest BCUT2D eigenvalue weighted by atomic mass is 19.1. The summed E-state index contributed by atoms with van der Waals surface area (Å²) in [5.41, 5.74) is 6.20. The number of carbonyl (C=O) groups is 1. The van der Waals surface area contributed by atoms with Gasteiger partial charge in [-0.05, 0) is 25.5 Å². The van der Waals surface area contributed by atoms with Crippen molar-refractivity contribution in [2.75, 3.05) is 26.3 Å². The average molecular weight is 254 g/mol. The van der Waals surface area contributed by atoms with Crippen molar-refractivity contribution < 1.29 is 13.9 Å². The minimum Gasteiger partial charge on any atom is -0.380 e.